The molecule has 2 aliphatic rings. The van der Waals surface area contributed by atoms with Gasteiger partial charge in [-0.3, -0.25) is 14.6 Å². The van der Waals surface area contributed by atoms with Crippen molar-refractivity contribution in [2.24, 2.45) is 17.6 Å². The number of nitrogens with one attached hydrogen (secondary N) is 1. The van der Waals surface area contributed by atoms with Crippen molar-refractivity contribution in [2.45, 2.75) is 30.6 Å². The molecular formula is C22H28N6O4S. The number of hydrogen-bond acceptors (Lipinski definition) is 7. The van der Waals surface area contributed by atoms with Crippen LogP contribution in [-0.4, -0.2) is 60.7 Å². The quantitative estimate of drug-likeness (QED) is 0.644. The van der Waals surface area contributed by atoms with Crippen LogP contribution < -0.4 is 16.0 Å². The summed E-state index contributed by atoms with van der Waals surface area (Å²) in [5, 5.41) is 2.88. The molecule has 10 nitrogen and oxygen atoms in total. The standard InChI is InChI=1S/C22H28N6O4S/c23-21(29)17-3-2-10-27(15-17)20-6-5-18(13-25-20)26-22(30)16-7-11-28(12-8-16)33(31,32)19-4-1-9-24-14-19/h1,4-6,9,13-14,16-17H,2-3,7-8,10-12,15H2,(H2,23,29)(H,26,30). The Bertz CT molecular complexity index is 1090. The number of carbonyl (C=O) groups excluding carboxylic acids is 2. The van der Waals surface area contributed by atoms with Gasteiger partial charge in [0.25, 0.3) is 0 Å². The number of amides is 2. The highest BCUT2D eigenvalue weighted by Gasteiger charge is 2.32. The highest BCUT2D eigenvalue weighted by Crippen LogP contribution is 2.26. The molecule has 2 aromatic rings. The molecule has 4 heterocycles. The molecule has 11 heteroatoms. The van der Waals surface area contributed by atoms with Gasteiger partial charge in [-0.05, 0) is 49.9 Å². The maximum absolute atomic E-state index is 12.7. The van der Waals surface area contributed by atoms with Gasteiger partial charge in [0, 0.05) is 44.5 Å². The number of anilines is 2. The number of pyridine rings is 2. The molecule has 0 bridgehead atoms. The van der Waals surface area contributed by atoms with Crippen molar-refractivity contribution in [3.8, 4) is 0 Å². The Balaban J connectivity index is 1.31. The van der Waals surface area contributed by atoms with Crippen LogP contribution in [0.5, 0.6) is 0 Å². The summed E-state index contributed by atoms with van der Waals surface area (Å²) in [6.07, 6.45) is 7.02. The van der Waals surface area contributed by atoms with Crippen LogP contribution in [0.3, 0.4) is 0 Å². The molecule has 3 N–H and O–H groups in total. The Morgan fingerprint density at radius 3 is 2.45 bits per heavy atom. The van der Waals surface area contributed by atoms with E-state index in [2.05, 4.69) is 15.3 Å². The predicted octanol–water partition coefficient (Wildman–Crippen LogP) is 1.22. The Morgan fingerprint density at radius 1 is 1.03 bits per heavy atom. The van der Waals surface area contributed by atoms with Gasteiger partial charge in [0.2, 0.25) is 21.8 Å². The van der Waals surface area contributed by atoms with Crippen LogP contribution in [0.25, 0.3) is 0 Å². The van der Waals surface area contributed by atoms with Crippen LogP contribution in [0.2, 0.25) is 0 Å². The van der Waals surface area contributed by atoms with E-state index in [0.717, 1.165) is 25.2 Å². The third kappa shape index (κ3) is 5.31. The molecule has 4 rings (SSSR count). The van der Waals surface area contributed by atoms with Crippen LogP contribution in [-0.2, 0) is 19.6 Å². The molecule has 176 valence electrons. The number of rotatable bonds is 6. The topological polar surface area (TPSA) is 139 Å². The number of hydrogen-bond donors (Lipinski definition) is 2. The number of aromatic nitrogens is 2. The van der Waals surface area contributed by atoms with E-state index < -0.39 is 10.0 Å². The lowest BCUT2D eigenvalue weighted by Crippen LogP contribution is -2.41. The summed E-state index contributed by atoms with van der Waals surface area (Å²) in [7, 11) is -3.60. The highest BCUT2D eigenvalue weighted by molar-refractivity contribution is 7.89. The zero-order chi connectivity index (χ0) is 23.4. The Hall–Kier alpha value is -3.05. The molecule has 2 saturated heterocycles. The molecule has 2 aromatic heterocycles. The van der Waals surface area contributed by atoms with Gasteiger partial charge in [0.1, 0.15) is 10.7 Å². The van der Waals surface area contributed by atoms with E-state index in [1.54, 1.807) is 18.3 Å². The van der Waals surface area contributed by atoms with Crippen LogP contribution in [0.1, 0.15) is 25.7 Å². The summed E-state index contributed by atoms with van der Waals surface area (Å²) in [5.41, 5.74) is 6.03. The summed E-state index contributed by atoms with van der Waals surface area (Å²) < 4.78 is 26.8. The van der Waals surface area contributed by atoms with Crippen molar-refractivity contribution >= 4 is 33.3 Å². The smallest absolute Gasteiger partial charge is 0.244 e. The fourth-order valence-electron chi connectivity index (χ4n) is 4.32. The van der Waals surface area contributed by atoms with Crippen molar-refractivity contribution in [3.05, 3.63) is 42.9 Å². The molecule has 2 amide bonds. The predicted molar refractivity (Wildman–Crippen MR) is 123 cm³/mol. The number of sulfonamides is 1. The summed E-state index contributed by atoms with van der Waals surface area (Å²) in [5.74, 6) is -0.137. The minimum atomic E-state index is -3.60. The fraction of sp³-hybridized carbons (Fsp3) is 0.455. The van der Waals surface area contributed by atoms with E-state index in [1.807, 2.05) is 11.0 Å². The van der Waals surface area contributed by atoms with E-state index in [4.69, 9.17) is 5.73 Å². The second-order valence-electron chi connectivity index (χ2n) is 8.45. The van der Waals surface area contributed by atoms with E-state index in [1.165, 1.54) is 22.8 Å². The second-order valence-corrected chi connectivity index (χ2v) is 10.4. The summed E-state index contributed by atoms with van der Waals surface area (Å²) in [6.45, 7) is 1.92. The largest absolute Gasteiger partial charge is 0.369 e. The van der Waals surface area contributed by atoms with Crippen LogP contribution in [0.4, 0.5) is 11.5 Å². The van der Waals surface area contributed by atoms with E-state index >= 15 is 0 Å². The van der Waals surface area contributed by atoms with Gasteiger partial charge in [0.05, 0.1) is 17.8 Å². The normalized spacial score (nSPS) is 20.4. The van der Waals surface area contributed by atoms with Gasteiger partial charge in [-0.1, -0.05) is 0 Å². The summed E-state index contributed by atoms with van der Waals surface area (Å²) in [6, 6.07) is 6.72. The van der Waals surface area contributed by atoms with E-state index in [-0.39, 0.29) is 41.6 Å². The third-order valence-corrected chi connectivity index (χ3v) is 8.14. The highest BCUT2D eigenvalue weighted by atomic mass is 32.2. The first-order valence-electron chi connectivity index (χ1n) is 11.1. The van der Waals surface area contributed by atoms with Gasteiger partial charge in [-0.25, -0.2) is 13.4 Å². The first-order chi connectivity index (χ1) is 15.8. The van der Waals surface area contributed by atoms with E-state index in [0.29, 0.717) is 25.1 Å². The minimum absolute atomic E-state index is 0.144. The molecule has 0 spiro atoms. The monoisotopic (exact) mass is 472 g/mol. The lowest BCUT2D eigenvalue weighted by Gasteiger charge is -2.32. The lowest BCUT2D eigenvalue weighted by atomic mass is 9.97. The Labute approximate surface area is 193 Å². The van der Waals surface area contributed by atoms with Crippen molar-refractivity contribution in [2.75, 3.05) is 36.4 Å². The molecule has 0 saturated carbocycles. The van der Waals surface area contributed by atoms with Crippen molar-refractivity contribution in [3.63, 3.8) is 0 Å². The first kappa shape index (κ1) is 23.1. The molecule has 2 aliphatic heterocycles. The SMILES string of the molecule is NC(=O)C1CCCN(c2ccc(NC(=O)C3CCN(S(=O)(=O)c4cccnc4)CC3)cn2)C1. The fourth-order valence-corrected chi connectivity index (χ4v) is 5.75. The molecule has 2 fully saturated rings. The van der Waals surface area contributed by atoms with Crippen molar-refractivity contribution in [1.29, 1.82) is 0 Å². The van der Waals surface area contributed by atoms with Gasteiger partial charge in [0.15, 0.2) is 0 Å². The molecule has 33 heavy (non-hydrogen) atoms. The number of piperidine rings is 2. The number of nitrogens with two attached hydrogens (primary N) is 1. The molecule has 0 radical (unpaired) electrons. The Morgan fingerprint density at radius 2 is 1.82 bits per heavy atom. The molecule has 0 aliphatic carbocycles. The molecule has 1 unspecified atom stereocenters. The van der Waals surface area contributed by atoms with Gasteiger partial charge >= 0.3 is 0 Å². The Kier molecular flexibility index (Phi) is 6.89. The minimum Gasteiger partial charge on any atom is -0.369 e. The zero-order valence-corrected chi connectivity index (χ0v) is 19.1. The average Bonchev–Trinajstić information content (AvgIpc) is 2.85. The third-order valence-electron chi connectivity index (χ3n) is 6.26. The molecule has 1 atom stereocenters. The summed E-state index contributed by atoms with van der Waals surface area (Å²) in [4.78, 5) is 34.7. The second kappa shape index (κ2) is 9.84. The van der Waals surface area contributed by atoms with Gasteiger partial charge in [-0.15, -0.1) is 0 Å². The van der Waals surface area contributed by atoms with Gasteiger partial charge in [-0.2, -0.15) is 4.31 Å². The lowest BCUT2D eigenvalue weighted by molar-refractivity contribution is -0.122. The number of carbonyl (C=O) groups is 2. The average molecular weight is 473 g/mol. The van der Waals surface area contributed by atoms with Gasteiger partial charge < -0.3 is 16.0 Å². The van der Waals surface area contributed by atoms with Crippen LogP contribution in [0.15, 0.2) is 47.8 Å². The van der Waals surface area contributed by atoms with Crippen molar-refractivity contribution in [1.82, 2.24) is 14.3 Å². The number of nitrogens with zero attached hydrogens (tertiary/aromatic N) is 4. The summed E-state index contributed by atoms with van der Waals surface area (Å²) >= 11 is 0. The van der Waals surface area contributed by atoms with Crippen molar-refractivity contribution < 1.29 is 18.0 Å². The molecular weight excluding hydrogens is 444 g/mol. The maximum Gasteiger partial charge on any atom is 0.244 e. The van der Waals surface area contributed by atoms with E-state index in [9.17, 15) is 18.0 Å². The zero-order valence-electron chi connectivity index (χ0n) is 18.3. The maximum atomic E-state index is 12.7. The first-order valence-corrected chi connectivity index (χ1v) is 12.5. The number of primary amides is 1. The van der Waals surface area contributed by atoms with Crippen LogP contribution in [0, 0.1) is 11.8 Å². The van der Waals surface area contributed by atoms with Crippen LogP contribution >= 0.6 is 0 Å². The molecule has 0 aromatic carbocycles.